The Kier molecular flexibility index (Phi) is 6.21. The van der Waals surface area contributed by atoms with Gasteiger partial charge in [-0.05, 0) is 78.1 Å². The molecule has 132 valence electrons. The van der Waals surface area contributed by atoms with Crippen LogP contribution in [-0.2, 0) is 0 Å². The number of likely N-dealkylation sites (tertiary alicyclic amines) is 1. The molecule has 1 aliphatic rings. The van der Waals surface area contributed by atoms with Crippen molar-refractivity contribution < 1.29 is 0 Å². The smallest absolute Gasteiger partial charge is 0.0161 e. The van der Waals surface area contributed by atoms with E-state index in [1.54, 1.807) is 0 Å². The number of hydrogen-bond acceptors (Lipinski definition) is 1. The zero-order valence-electron chi connectivity index (χ0n) is 17.2. The molecule has 0 aromatic heterocycles. The van der Waals surface area contributed by atoms with Crippen molar-refractivity contribution in [2.24, 2.45) is 17.3 Å². The molecule has 4 atom stereocenters. The van der Waals surface area contributed by atoms with E-state index >= 15 is 0 Å². The van der Waals surface area contributed by atoms with Gasteiger partial charge in [-0.25, -0.2) is 0 Å². The van der Waals surface area contributed by atoms with E-state index in [1.165, 1.54) is 32.1 Å². The molecule has 1 heteroatoms. The van der Waals surface area contributed by atoms with Crippen molar-refractivity contribution in [1.82, 2.24) is 4.90 Å². The quantitative estimate of drug-likeness (QED) is 0.574. The third-order valence-electron chi connectivity index (χ3n) is 6.76. The minimum absolute atomic E-state index is 0.241. The standard InChI is InChI=1S/C21H43N/c1-11-12-16(2)21(10)14-13-20(8,9)22(19(5,6)7)18(4)15-17(21)3/h16-18H,11-15H2,1-10H3. The second-order valence-electron chi connectivity index (χ2n) is 10.0. The summed E-state index contributed by atoms with van der Waals surface area (Å²) in [7, 11) is 0. The van der Waals surface area contributed by atoms with Crippen molar-refractivity contribution in [1.29, 1.82) is 0 Å². The Labute approximate surface area is 141 Å². The van der Waals surface area contributed by atoms with Gasteiger partial charge in [-0.15, -0.1) is 0 Å². The highest BCUT2D eigenvalue weighted by atomic mass is 15.3. The molecule has 0 aromatic carbocycles. The van der Waals surface area contributed by atoms with Crippen molar-refractivity contribution >= 4 is 0 Å². The maximum atomic E-state index is 2.79. The first-order valence-corrected chi connectivity index (χ1v) is 9.65. The van der Waals surface area contributed by atoms with Crippen LogP contribution in [0.15, 0.2) is 0 Å². The van der Waals surface area contributed by atoms with E-state index in [-0.39, 0.29) is 11.1 Å². The van der Waals surface area contributed by atoms with Crippen LogP contribution in [0.4, 0.5) is 0 Å². The lowest BCUT2D eigenvalue weighted by molar-refractivity contribution is -0.0639. The summed E-state index contributed by atoms with van der Waals surface area (Å²) < 4.78 is 0. The Morgan fingerprint density at radius 2 is 1.64 bits per heavy atom. The van der Waals surface area contributed by atoms with E-state index in [9.17, 15) is 0 Å². The van der Waals surface area contributed by atoms with Crippen molar-refractivity contribution in [3.63, 3.8) is 0 Å². The summed E-state index contributed by atoms with van der Waals surface area (Å²) in [5.74, 6) is 1.63. The Hall–Kier alpha value is -0.0400. The summed E-state index contributed by atoms with van der Waals surface area (Å²) in [5.41, 5.74) is 1.02. The van der Waals surface area contributed by atoms with Gasteiger partial charge in [0, 0.05) is 17.1 Å². The van der Waals surface area contributed by atoms with Crippen LogP contribution >= 0.6 is 0 Å². The van der Waals surface area contributed by atoms with E-state index in [0.29, 0.717) is 11.5 Å². The Bertz CT molecular complexity index is 351. The summed E-state index contributed by atoms with van der Waals surface area (Å²) in [6.07, 6.45) is 6.69. The highest BCUT2D eigenvalue weighted by Gasteiger charge is 2.45. The third-order valence-corrected chi connectivity index (χ3v) is 6.76. The maximum Gasteiger partial charge on any atom is 0.0161 e. The number of rotatable bonds is 3. The lowest BCUT2D eigenvalue weighted by Crippen LogP contribution is -2.60. The lowest BCUT2D eigenvalue weighted by atomic mass is 9.61. The molecule has 0 aliphatic carbocycles. The van der Waals surface area contributed by atoms with Gasteiger partial charge in [-0.2, -0.15) is 0 Å². The average Bonchev–Trinajstić information content (AvgIpc) is 2.32. The van der Waals surface area contributed by atoms with Crippen LogP contribution in [0.5, 0.6) is 0 Å². The largest absolute Gasteiger partial charge is 0.291 e. The van der Waals surface area contributed by atoms with Crippen LogP contribution in [0, 0.1) is 17.3 Å². The molecule has 22 heavy (non-hydrogen) atoms. The summed E-state index contributed by atoms with van der Waals surface area (Å²) in [4.78, 5) is 2.79. The molecule has 1 aliphatic heterocycles. The van der Waals surface area contributed by atoms with E-state index in [0.717, 1.165) is 11.8 Å². The topological polar surface area (TPSA) is 3.24 Å². The summed E-state index contributed by atoms with van der Waals surface area (Å²) in [6.45, 7) is 24.5. The first-order chi connectivity index (χ1) is 9.86. The molecule has 0 saturated carbocycles. The number of nitrogens with zero attached hydrogens (tertiary/aromatic N) is 1. The van der Waals surface area contributed by atoms with Gasteiger partial charge >= 0.3 is 0 Å². The van der Waals surface area contributed by atoms with E-state index < -0.39 is 0 Å². The second-order valence-corrected chi connectivity index (χ2v) is 10.0. The fourth-order valence-corrected chi connectivity index (χ4v) is 5.49. The van der Waals surface area contributed by atoms with Gasteiger partial charge in [0.05, 0.1) is 0 Å². The van der Waals surface area contributed by atoms with Gasteiger partial charge < -0.3 is 0 Å². The maximum absolute atomic E-state index is 2.79. The molecular formula is C21H43N. The molecule has 1 fully saturated rings. The Balaban J connectivity index is 3.11. The molecule has 1 nitrogen and oxygen atoms in total. The summed E-state index contributed by atoms with van der Waals surface area (Å²) in [6, 6.07) is 0.651. The van der Waals surface area contributed by atoms with Gasteiger partial charge in [0.2, 0.25) is 0 Å². The molecule has 1 saturated heterocycles. The van der Waals surface area contributed by atoms with Crippen LogP contribution in [-0.4, -0.2) is 22.0 Å². The van der Waals surface area contributed by atoms with E-state index in [4.69, 9.17) is 0 Å². The van der Waals surface area contributed by atoms with Gasteiger partial charge in [0.15, 0.2) is 0 Å². The van der Waals surface area contributed by atoms with Crippen LogP contribution in [0.2, 0.25) is 0 Å². The number of hydrogen-bond donors (Lipinski definition) is 0. The third kappa shape index (κ3) is 4.08. The lowest BCUT2D eigenvalue weighted by Gasteiger charge is -2.56. The average molecular weight is 310 g/mol. The molecule has 4 unspecified atom stereocenters. The van der Waals surface area contributed by atoms with Crippen molar-refractivity contribution in [3.05, 3.63) is 0 Å². The normalized spacial score (nSPS) is 35.7. The van der Waals surface area contributed by atoms with Gasteiger partial charge in [-0.1, -0.05) is 40.5 Å². The molecule has 0 aromatic rings. The highest BCUT2D eigenvalue weighted by molar-refractivity contribution is 4.99. The zero-order chi connectivity index (χ0) is 17.3. The van der Waals surface area contributed by atoms with Gasteiger partial charge in [0.25, 0.3) is 0 Å². The van der Waals surface area contributed by atoms with Crippen molar-refractivity contribution in [2.45, 2.75) is 118 Å². The Morgan fingerprint density at radius 3 is 2.09 bits per heavy atom. The molecular weight excluding hydrogens is 266 g/mol. The monoisotopic (exact) mass is 309 g/mol. The second kappa shape index (κ2) is 6.83. The van der Waals surface area contributed by atoms with Crippen LogP contribution in [0.3, 0.4) is 0 Å². The van der Waals surface area contributed by atoms with Crippen molar-refractivity contribution in [3.8, 4) is 0 Å². The summed E-state index contributed by atoms with van der Waals surface area (Å²) in [5, 5.41) is 0. The SMILES string of the molecule is CCCC(C)C1(C)CCC(C)(C)N(C(C)(C)C)C(C)CC1C. The van der Waals surface area contributed by atoms with Crippen LogP contribution in [0.25, 0.3) is 0 Å². The predicted octanol–water partition coefficient (Wildman–Crippen LogP) is 6.52. The van der Waals surface area contributed by atoms with E-state index in [1.807, 2.05) is 0 Å². The van der Waals surface area contributed by atoms with Crippen molar-refractivity contribution in [2.75, 3.05) is 0 Å². The fourth-order valence-electron chi connectivity index (χ4n) is 5.49. The molecule has 0 bridgehead atoms. The minimum atomic E-state index is 0.241. The first-order valence-electron chi connectivity index (χ1n) is 9.65. The van der Waals surface area contributed by atoms with Crippen LogP contribution < -0.4 is 0 Å². The molecule has 1 rings (SSSR count). The first kappa shape index (κ1) is 20.0. The van der Waals surface area contributed by atoms with Crippen LogP contribution in [0.1, 0.15) is 101 Å². The van der Waals surface area contributed by atoms with Gasteiger partial charge in [0.1, 0.15) is 0 Å². The van der Waals surface area contributed by atoms with E-state index in [2.05, 4.69) is 74.1 Å². The fraction of sp³-hybridized carbons (Fsp3) is 1.00. The Morgan fingerprint density at radius 1 is 1.09 bits per heavy atom. The molecule has 0 amide bonds. The zero-order valence-corrected chi connectivity index (χ0v) is 17.2. The predicted molar refractivity (Wildman–Crippen MR) is 100 cm³/mol. The molecule has 0 radical (unpaired) electrons. The minimum Gasteiger partial charge on any atom is -0.291 e. The molecule has 0 N–H and O–H groups in total. The highest BCUT2D eigenvalue weighted by Crippen LogP contribution is 2.49. The van der Waals surface area contributed by atoms with Gasteiger partial charge in [-0.3, -0.25) is 4.90 Å². The molecule has 1 heterocycles. The summed E-state index contributed by atoms with van der Waals surface area (Å²) >= 11 is 0. The molecule has 0 spiro atoms.